The van der Waals surface area contributed by atoms with Crippen LogP contribution in [0, 0.1) is 0 Å². The lowest BCUT2D eigenvalue weighted by atomic mass is 10.1. The minimum absolute atomic E-state index is 0.249. The number of halogens is 2. The Labute approximate surface area is 142 Å². The molecule has 1 aromatic heterocycles. The van der Waals surface area contributed by atoms with Crippen molar-refractivity contribution in [3.63, 3.8) is 0 Å². The molecule has 0 amide bonds. The van der Waals surface area contributed by atoms with Crippen LogP contribution in [-0.4, -0.2) is 11.5 Å². The summed E-state index contributed by atoms with van der Waals surface area (Å²) < 4.78 is 7.96. The molecular weight excluding hydrogens is 396 g/mol. The molecule has 5 heteroatoms. The van der Waals surface area contributed by atoms with Crippen LogP contribution in [0.1, 0.15) is 31.0 Å². The lowest BCUT2D eigenvalue weighted by Gasteiger charge is -2.18. The van der Waals surface area contributed by atoms with E-state index < -0.39 is 0 Å². The first-order valence-electron chi connectivity index (χ1n) is 6.85. The van der Waals surface area contributed by atoms with Crippen molar-refractivity contribution < 1.29 is 4.74 Å². The van der Waals surface area contributed by atoms with Gasteiger partial charge >= 0.3 is 0 Å². The van der Waals surface area contributed by atoms with Crippen LogP contribution in [0.2, 0.25) is 0 Å². The summed E-state index contributed by atoms with van der Waals surface area (Å²) in [7, 11) is 0. The van der Waals surface area contributed by atoms with Crippen molar-refractivity contribution in [2.75, 3.05) is 6.54 Å². The summed E-state index contributed by atoms with van der Waals surface area (Å²) in [5.74, 6) is 0.887. The fourth-order valence-corrected chi connectivity index (χ4v) is 2.86. The minimum Gasteiger partial charge on any atom is -0.488 e. The molecule has 1 atom stereocenters. The summed E-state index contributed by atoms with van der Waals surface area (Å²) in [6.45, 7) is 5.66. The van der Waals surface area contributed by atoms with E-state index in [1.54, 1.807) is 6.20 Å². The lowest BCUT2D eigenvalue weighted by molar-refractivity contribution is 0.299. The molecule has 1 heterocycles. The highest BCUT2D eigenvalue weighted by Crippen LogP contribution is 2.29. The van der Waals surface area contributed by atoms with Crippen LogP contribution in [-0.2, 0) is 6.61 Å². The molecule has 0 bridgehead atoms. The molecule has 112 valence electrons. The van der Waals surface area contributed by atoms with E-state index in [4.69, 9.17) is 4.74 Å². The summed E-state index contributed by atoms with van der Waals surface area (Å²) in [4.78, 5) is 4.15. The zero-order chi connectivity index (χ0) is 15.2. The average Bonchev–Trinajstić information content (AvgIpc) is 2.45. The van der Waals surface area contributed by atoms with Crippen molar-refractivity contribution in [1.29, 1.82) is 0 Å². The molecule has 1 aromatic carbocycles. The van der Waals surface area contributed by atoms with Crippen LogP contribution in [0.3, 0.4) is 0 Å². The molecule has 0 saturated carbocycles. The Hall–Kier alpha value is -0.910. The Morgan fingerprint density at radius 3 is 2.71 bits per heavy atom. The van der Waals surface area contributed by atoms with Gasteiger partial charge in [-0.2, -0.15) is 0 Å². The van der Waals surface area contributed by atoms with E-state index in [-0.39, 0.29) is 6.04 Å². The third kappa shape index (κ3) is 4.80. The Kier molecular flexibility index (Phi) is 6.21. The first kappa shape index (κ1) is 16.5. The fraction of sp³-hybridized carbons (Fsp3) is 0.312. The minimum atomic E-state index is 0.249. The van der Waals surface area contributed by atoms with Crippen molar-refractivity contribution in [2.24, 2.45) is 0 Å². The van der Waals surface area contributed by atoms with Crippen LogP contribution in [0.25, 0.3) is 0 Å². The molecule has 21 heavy (non-hydrogen) atoms. The van der Waals surface area contributed by atoms with E-state index in [1.807, 2.05) is 24.4 Å². The molecule has 0 radical (unpaired) electrons. The normalized spacial score (nSPS) is 12.2. The highest BCUT2D eigenvalue weighted by molar-refractivity contribution is 9.10. The Morgan fingerprint density at radius 2 is 2.00 bits per heavy atom. The Bertz CT molecular complexity index is 605. The molecule has 0 aliphatic rings. The van der Waals surface area contributed by atoms with E-state index in [0.717, 1.165) is 32.4 Å². The van der Waals surface area contributed by atoms with Gasteiger partial charge in [0.2, 0.25) is 0 Å². The topological polar surface area (TPSA) is 34.1 Å². The van der Waals surface area contributed by atoms with Crippen LogP contribution < -0.4 is 10.1 Å². The van der Waals surface area contributed by atoms with E-state index in [1.165, 1.54) is 0 Å². The Balaban J connectivity index is 2.16. The first-order chi connectivity index (χ1) is 10.1. The summed E-state index contributed by atoms with van der Waals surface area (Å²) >= 11 is 6.92. The molecule has 0 spiro atoms. The van der Waals surface area contributed by atoms with E-state index in [9.17, 15) is 0 Å². The highest BCUT2D eigenvalue weighted by Gasteiger charge is 2.11. The maximum absolute atomic E-state index is 6.00. The second-order valence-corrected chi connectivity index (χ2v) is 6.59. The van der Waals surface area contributed by atoms with Gasteiger partial charge < -0.3 is 10.1 Å². The summed E-state index contributed by atoms with van der Waals surface area (Å²) in [5.41, 5.74) is 2.19. The van der Waals surface area contributed by atoms with Crippen LogP contribution in [0.4, 0.5) is 0 Å². The molecule has 1 unspecified atom stereocenters. The number of pyridine rings is 1. The highest BCUT2D eigenvalue weighted by atomic mass is 79.9. The van der Waals surface area contributed by atoms with Crippen LogP contribution >= 0.6 is 31.9 Å². The molecule has 0 fully saturated rings. The summed E-state index contributed by atoms with van der Waals surface area (Å²) in [6, 6.07) is 8.40. The monoisotopic (exact) mass is 412 g/mol. The number of benzene rings is 1. The number of nitrogens with zero attached hydrogens (tertiary/aromatic N) is 1. The van der Waals surface area contributed by atoms with Gasteiger partial charge in [-0.05, 0) is 47.6 Å². The molecule has 3 nitrogen and oxygen atoms in total. The van der Waals surface area contributed by atoms with Crippen molar-refractivity contribution >= 4 is 31.9 Å². The van der Waals surface area contributed by atoms with E-state index >= 15 is 0 Å². The molecule has 2 rings (SSSR count). The van der Waals surface area contributed by atoms with E-state index in [2.05, 4.69) is 62.1 Å². The molecule has 0 aliphatic heterocycles. The Morgan fingerprint density at radius 1 is 1.19 bits per heavy atom. The van der Waals surface area contributed by atoms with Gasteiger partial charge in [0.1, 0.15) is 12.4 Å². The third-order valence-corrected chi connectivity index (χ3v) is 4.04. The molecule has 0 aliphatic carbocycles. The largest absolute Gasteiger partial charge is 0.488 e. The SMILES string of the molecule is CCNC(C)c1ccc(Br)cc1OCc1cncc(Br)c1. The number of hydrogen-bond acceptors (Lipinski definition) is 3. The molecule has 0 saturated heterocycles. The maximum atomic E-state index is 6.00. The van der Waals surface area contributed by atoms with Gasteiger partial charge in [0.15, 0.2) is 0 Å². The predicted molar refractivity (Wildman–Crippen MR) is 92.5 cm³/mol. The van der Waals surface area contributed by atoms with Gasteiger partial charge in [0.25, 0.3) is 0 Å². The van der Waals surface area contributed by atoms with Gasteiger partial charge in [-0.1, -0.05) is 28.9 Å². The van der Waals surface area contributed by atoms with Gasteiger partial charge in [0, 0.05) is 38.5 Å². The zero-order valence-electron chi connectivity index (χ0n) is 12.1. The van der Waals surface area contributed by atoms with Crippen LogP contribution in [0.15, 0.2) is 45.6 Å². The number of ether oxygens (including phenoxy) is 1. The van der Waals surface area contributed by atoms with Crippen LogP contribution in [0.5, 0.6) is 5.75 Å². The smallest absolute Gasteiger partial charge is 0.125 e. The van der Waals surface area contributed by atoms with Crippen molar-refractivity contribution in [2.45, 2.75) is 26.5 Å². The predicted octanol–water partition coefficient (Wildman–Crippen LogP) is 4.86. The average molecular weight is 414 g/mol. The van der Waals surface area contributed by atoms with Gasteiger partial charge in [-0.3, -0.25) is 4.98 Å². The number of nitrogens with one attached hydrogen (secondary N) is 1. The standard InChI is InChI=1S/C16H18Br2N2O/c1-3-20-11(2)15-5-4-13(17)7-16(15)21-10-12-6-14(18)9-19-8-12/h4-9,11,20H,3,10H2,1-2H3. The quantitative estimate of drug-likeness (QED) is 0.734. The van der Waals surface area contributed by atoms with Crippen molar-refractivity contribution in [1.82, 2.24) is 10.3 Å². The molecular formula is C16H18Br2N2O. The summed E-state index contributed by atoms with van der Waals surface area (Å²) in [5, 5.41) is 3.41. The summed E-state index contributed by atoms with van der Waals surface area (Å²) in [6.07, 6.45) is 3.58. The van der Waals surface area contributed by atoms with Gasteiger partial charge in [0.05, 0.1) is 0 Å². The number of rotatable bonds is 6. The number of aromatic nitrogens is 1. The molecule has 2 aromatic rings. The second kappa shape index (κ2) is 7.92. The first-order valence-corrected chi connectivity index (χ1v) is 8.43. The second-order valence-electron chi connectivity index (χ2n) is 4.76. The van der Waals surface area contributed by atoms with Gasteiger partial charge in [-0.25, -0.2) is 0 Å². The van der Waals surface area contributed by atoms with Crippen molar-refractivity contribution in [3.05, 3.63) is 56.7 Å². The van der Waals surface area contributed by atoms with Gasteiger partial charge in [-0.15, -0.1) is 0 Å². The van der Waals surface area contributed by atoms with Crippen molar-refractivity contribution in [3.8, 4) is 5.75 Å². The number of hydrogen-bond donors (Lipinski definition) is 1. The lowest BCUT2D eigenvalue weighted by Crippen LogP contribution is -2.18. The molecule has 1 N–H and O–H groups in total. The maximum Gasteiger partial charge on any atom is 0.125 e. The fourth-order valence-electron chi connectivity index (χ4n) is 2.10. The third-order valence-electron chi connectivity index (χ3n) is 3.11. The van der Waals surface area contributed by atoms with E-state index in [0.29, 0.717) is 6.61 Å². The zero-order valence-corrected chi connectivity index (χ0v) is 15.2.